The number of carbonyl (C=O) groups excluding carboxylic acids is 1. The highest BCUT2D eigenvalue weighted by molar-refractivity contribution is 14.1. The van der Waals surface area contributed by atoms with Crippen molar-refractivity contribution in [1.82, 2.24) is 0 Å². The van der Waals surface area contributed by atoms with E-state index >= 15 is 0 Å². The largest absolute Gasteiger partial charge is 0.375 e. The highest BCUT2D eigenvalue weighted by atomic mass is 127. The Balaban J connectivity index is 1.96. The van der Waals surface area contributed by atoms with Gasteiger partial charge in [-0.3, -0.25) is 4.79 Å². The maximum Gasteiger partial charge on any atom is 0.243 e. The summed E-state index contributed by atoms with van der Waals surface area (Å²) in [5.74, 6) is -0.186. The van der Waals surface area contributed by atoms with Gasteiger partial charge in [0.05, 0.1) is 22.3 Å². The molecule has 0 saturated heterocycles. The smallest absolute Gasteiger partial charge is 0.243 e. The van der Waals surface area contributed by atoms with Crippen molar-refractivity contribution >= 4 is 63.1 Å². The van der Waals surface area contributed by atoms with E-state index in [0.717, 1.165) is 9.26 Å². The summed E-state index contributed by atoms with van der Waals surface area (Å²) in [4.78, 5) is 11.9. The van der Waals surface area contributed by atoms with Crippen LogP contribution in [0.25, 0.3) is 0 Å². The van der Waals surface area contributed by atoms with Crippen molar-refractivity contribution in [3.05, 3.63) is 56.1 Å². The molecule has 2 N–H and O–H groups in total. The first-order chi connectivity index (χ1) is 9.58. The van der Waals surface area contributed by atoms with Crippen LogP contribution in [0.4, 0.5) is 11.4 Å². The van der Waals surface area contributed by atoms with Crippen molar-refractivity contribution in [2.75, 3.05) is 17.2 Å². The highest BCUT2D eigenvalue weighted by Crippen LogP contribution is 2.29. The van der Waals surface area contributed by atoms with E-state index in [1.807, 2.05) is 24.3 Å². The van der Waals surface area contributed by atoms with E-state index in [1.54, 1.807) is 18.2 Å². The molecular formula is C14H11Cl2IN2O. The third-order valence-electron chi connectivity index (χ3n) is 2.54. The lowest BCUT2D eigenvalue weighted by Crippen LogP contribution is -2.22. The molecule has 0 saturated carbocycles. The second kappa shape index (κ2) is 7.15. The third kappa shape index (κ3) is 4.01. The molecule has 0 aliphatic rings. The summed E-state index contributed by atoms with van der Waals surface area (Å²) < 4.78 is 1.05. The normalized spacial score (nSPS) is 10.2. The van der Waals surface area contributed by atoms with Crippen molar-refractivity contribution in [3.8, 4) is 0 Å². The van der Waals surface area contributed by atoms with E-state index in [4.69, 9.17) is 23.2 Å². The summed E-state index contributed by atoms with van der Waals surface area (Å²) in [6, 6.07) is 12.9. The maximum absolute atomic E-state index is 11.9. The van der Waals surface area contributed by atoms with E-state index in [9.17, 15) is 4.79 Å². The molecule has 0 heterocycles. The minimum Gasteiger partial charge on any atom is -0.375 e. The molecule has 0 aliphatic heterocycles. The number of hydrogen-bond acceptors (Lipinski definition) is 2. The first-order valence-electron chi connectivity index (χ1n) is 5.80. The van der Waals surface area contributed by atoms with Crippen molar-refractivity contribution in [1.29, 1.82) is 0 Å². The predicted octanol–water partition coefficient (Wildman–Crippen LogP) is 4.65. The molecule has 2 aromatic rings. The molecule has 104 valence electrons. The van der Waals surface area contributed by atoms with Crippen LogP contribution in [0.3, 0.4) is 0 Å². The molecule has 0 aliphatic carbocycles. The second-order valence-electron chi connectivity index (χ2n) is 3.98. The van der Waals surface area contributed by atoms with Gasteiger partial charge in [-0.25, -0.2) is 0 Å². The minimum absolute atomic E-state index is 0.156. The summed E-state index contributed by atoms with van der Waals surface area (Å²) in [7, 11) is 0. The van der Waals surface area contributed by atoms with E-state index in [0.29, 0.717) is 15.7 Å². The molecule has 0 radical (unpaired) electrons. The van der Waals surface area contributed by atoms with Crippen LogP contribution in [0.15, 0.2) is 42.5 Å². The average molecular weight is 421 g/mol. The number of para-hydroxylation sites is 1. The Hall–Kier alpha value is -0.980. The summed E-state index contributed by atoms with van der Waals surface area (Å²) in [5, 5.41) is 6.55. The molecule has 3 nitrogen and oxygen atoms in total. The van der Waals surface area contributed by atoms with Crippen LogP contribution in [0.5, 0.6) is 0 Å². The van der Waals surface area contributed by atoms with Crippen LogP contribution in [-0.4, -0.2) is 12.5 Å². The Labute approximate surface area is 140 Å². The quantitative estimate of drug-likeness (QED) is 0.707. The zero-order valence-electron chi connectivity index (χ0n) is 10.3. The second-order valence-corrected chi connectivity index (χ2v) is 5.93. The first-order valence-corrected chi connectivity index (χ1v) is 7.63. The first kappa shape index (κ1) is 15.4. The molecular weight excluding hydrogens is 410 g/mol. The van der Waals surface area contributed by atoms with Crippen LogP contribution in [-0.2, 0) is 4.79 Å². The van der Waals surface area contributed by atoms with Crippen molar-refractivity contribution in [3.63, 3.8) is 0 Å². The number of halogens is 3. The zero-order valence-corrected chi connectivity index (χ0v) is 14.0. The minimum atomic E-state index is -0.186. The summed E-state index contributed by atoms with van der Waals surface area (Å²) in [6.45, 7) is 0.156. The number of carbonyl (C=O) groups is 1. The fraction of sp³-hybridized carbons (Fsp3) is 0.0714. The molecule has 1 amide bonds. The Morgan fingerprint density at radius 2 is 1.75 bits per heavy atom. The van der Waals surface area contributed by atoms with Gasteiger partial charge in [0.2, 0.25) is 5.91 Å². The van der Waals surface area contributed by atoms with Crippen LogP contribution < -0.4 is 10.6 Å². The van der Waals surface area contributed by atoms with Gasteiger partial charge in [0.15, 0.2) is 0 Å². The Morgan fingerprint density at radius 3 is 2.50 bits per heavy atom. The lowest BCUT2D eigenvalue weighted by Gasteiger charge is -2.10. The summed E-state index contributed by atoms with van der Waals surface area (Å²) in [5.41, 5.74) is 1.43. The summed E-state index contributed by atoms with van der Waals surface area (Å²) in [6.07, 6.45) is 0. The molecule has 0 fully saturated rings. The topological polar surface area (TPSA) is 41.1 Å². The van der Waals surface area contributed by atoms with Gasteiger partial charge in [-0.15, -0.1) is 0 Å². The lowest BCUT2D eigenvalue weighted by molar-refractivity contribution is -0.114. The van der Waals surface area contributed by atoms with Gasteiger partial charge in [0.25, 0.3) is 0 Å². The molecule has 0 atom stereocenters. The molecule has 0 spiro atoms. The zero-order chi connectivity index (χ0) is 14.5. The van der Waals surface area contributed by atoms with Crippen LogP contribution in [0.2, 0.25) is 10.0 Å². The lowest BCUT2D eigenvalue weighted by atomic mass is 10.3. The van der Waals surface area contributed by atoms with E-state index < -0.39 is 0 Å². The van der Waals surface area contributed by atoms with E-state index in [2.05, 4.69) is 33.2 Å². The van der Waals surface area contributed by atoms with Crippen LogP contribution in [0, 0.1) is 3.57 Å². The third-order valence-corrected chi connectivity index (χ3v) is 4.30. The molecule has 0 aromatic heterocycles. The van der Waals surface area contributed by atoms with Crippen molar-refractivity contribution in [2.45, 2.75) is 0 Å². The van der Waals surface area contributed by atoms with Gasteiger partial charge in [-0.1, -0.05) is 41.4 Å². The number of benzene rings is 2. The number of rotatable bonds is 4. The number of hydrogen-bond donors (Lipinski definition) is 2. The van der Waals surface area contributed by atoms with E-state index in [-0.39, 0.29) is 12.5 Å². The molecule has 6 heteroatoms. The van der Waals surface area contributed by atoms with Gasteiger partial charge in [-0.2, -0.15) is 0 Å². The maximum atomic E-state index is 11.9. The fourth-order valence-corrected chi connectivity index (χ4v) is 2.50. The highest BCUT2D eigenvalue weighted by Gasteiger charge is 2.08. The van der Waals surface area contributed by atoms with Gasteiger partial charge in [0, 0.05) is 9.26 Å². The molecule has 0 unspecified atom stereocenters. The van der Waals surface area contributed by atoms with Crippen molar-refractivity contribution in [2.24, 2.45) is 0 Å². The fourth-order valence-electron chi connectivity index (χ4n) is 1.57. The van der Waals surface area contributed by atoms with Crippen molar-refractivity contribution < 1.29 is 4.79 Å². The average Bonchev–Trinajstić information content (AvgIpc) is 2.43. The standard InChI is InChI=1S/C14H11Cl2IN2O/c15-9-4-3-7-12(14(9)16)19-13(20)8-18-11-6-2-1-5-10(11)17/h1-7,18H,8H2,(H,19,20). The summed E-state index contributed by atoms with van der Waals surface area (Å²) >= 11 is 14.1. The number of amides is 1. The Kier molecular flexibility index (Phi) is 5.51. The molecule has 0 bridgehead atoms. The van der Waals surface area contributed by atoms with Crippen LogP contribution >= 0.6 is 45.8 Å². The van der Waals surface area contributed by atoms with E-state index in [1.165, 1.54) is 0 Å². The molecule has 2 aromatic carbocycles. The number of anilines is 2. The number of nitrogens with one attached hydrogen (secondary N) is 2. The van der Waals surface area contributed by atoms with Gasteiger partial charge >= 0.3 is 0 Å². The Bertz CT molecular complexity index is 634. The SMILES string of the molecule is O=C(CNc1ccccc1I)Nc1cccc(Cl)c1Cl. The predicted molar refractivity (Wildman–Crippen MR) is 92.7 cm³/mol. The van der Waals surface area contributed by atoms with Gasteiger partial charge in [-0.05, 0) is 46.9 Å². The monoisotopic (exact) mass is 420 g/mol. The molecule has 2 rings (SSSR count). The molecule has 20 heavy (non-hydrogen) atoms. The van der Waals surface area contributed by atoms with Gasteiger partial charge < -0.3 is 10.6 Å². The Morgan fingerprint density at radius 1 is 1.05 bits per heavy atom. The van der Waals surface area contributed by atoms with Crippen LogP contribution in [0.1, 0.15) is 0 Å². The van der Waals surface area contributed by atoms with Gasteiger partial charge in [0.1, 0.15) is 0 Å².